The lowest BCUT2D eigenvalue weighted by Gasteiger charge is -2.07. The Morgan fingerprint density at radius 3 is 2.43 bits per heavy atom. The zero-order valence-corrected chi connectivity index (χ0v) is 12.9. The first-order valence-electron chi connectivity index (χ1n) is 6.61. The Balaban J connectivity index is 1.88. The summed E-state index contributed by atoms with van der Waals surface area (Å²) in [6, 6.07) is 12.6. The maximum atomic E-state index is 12.0. The first kappa shape index (κ1) is 15.8. The lowest BCUT2D eigenvalue weighted by atomic mass is 10.1. The third kappa shape index (κ3) is 4.46. The van der Waals surface area contributed by atoms with Crippen LogP contribution in [-0.4, -0.2) is 12.5 Å². The van der Waals surface area contributed by atoms with Crippen molar-refractivity contribution < 1.29 is 4.79 Å². The molecule has 0 fully saturated rings. The summed E-state index contributed by atoms with van der Waals surface area (Å²) in [6.45, 7) is 0.982. The van der Waals surface area contributed by atoms with Gasteiger partial charge in [0.1, 0.15) is 0 Å². The third-order valence-electron chi connectivity index (χ3n) is 3.15. The van der Waals surface area contributed by atoms with Crippen LogP contribution in [-0.2, 0) is 13.0 Å². The summed E-state index contributed by atoms with van der Waals surface area (Å²) >= 11 is 11.9. The SMILES string of the molecule is NCc1ccc(C(=O)NCCc2ccc(Cl)cc2Cl)cc1. The molecule has 1 amide bonds. The molecule has 0 aromatic heterocycles. The van der Waals surface area contributed by atoms with Crippen molar-refractivity contribution in [1.29, 1.82) is 0 Å². The molecular weight excluding hydrogens is 307 g/mol. The molecule has 0 atom stereocenters. The molecule has 0 heterocycles. The number of carbonyl (C=O) groups is 1. The van der Waals surface area contributed by atoms with E-state index in [-0.39, 0.29) is 5.91 Å². The van der Waals surface area contributed by atoms with Gasteiger partial charge in [0.05, 0.1) is 0 Å². The first-order valence-corrected chi connectivity index (χ1v) is 7.37. The molecule has 2 aromatic carbocycles. The highest BCUT2D eigenvalue weighted by Crippen LogP contribution is 2.21. The number of carbonyl (C=O) groups excluding carboxylic acids is 1. The normalized spacial score (nSPS) is 10.4. The number of amides is 1. The van der Waals surface area contributed by atoms with E-state index in [4.69, 9.17) is 28.9 Å². The number of hydrogen-bond donors (Lipinski definition) is 2. The third-order valence-corrected chi connectivity index (χ3v) is 3.73. The Labute approximate surface area is 134 Å². The van der Waals surface area contributed by atoms with Gasteiger partial charge in [-0.3, -0.25) is 4.79 Å². The Morgan fingerprint density at radius 2 is 1.81 bits per heavy atom. The molecule has 0 radical (unpaired) electrons. The van der Waals surface area contributed by atoms with Gasteiger partial charge in [-0.05, 0) is 41.8 Å². The van der Waals surface area contributed by atoms with Crippen molar-refractivity contribution in [3.63, 3.8) is 0 Å². The van der Waals surface area contributed by atoms with Crippen LogP contribution in [0.25, 0.3) is 0 Å². The molecule has 21 heavy (non-hydrogen) atoms. The van der Waals surface area contributed by atoms with Crippen LogP contribution in [0, 0.1) is 0 Å². The topological polar surface area (TPSA) is 55.1 Å². The standard InChI is InChI=1S/C16H16Cl2N2O/c17-14-6-5-12(15(18)9-14)7-8-20-16(21)13-3-1-11(10-19)2-4-13/h1-6,9H,7-8,10,19H2,(H,20,21). The summed E-state index contributed by atoms with van der Waals surface area (Å²) < 4.78 is 0. The number of nitrogens with two attached hydrogens (primary N) is 1. The minimum Gasteiger partial charge on any atom is -0.352 e. The van der Waals surface area contributed by atoms with Gasteiger partial charge in [-0.1, -0.05) is 41.4 Å². The molecule has 0 bridgehead atoms. The molecule has 3 N–H and O–H groups in total. The Bertz CT molecular complexity index is 627. The minimum atomic E-state index is -0.108. The average Bonchev–Trinajstić information content (AvgIpc) is 2.49. The second-order valence-electron chi connectivity index (χ2n) is 4.64. The van der Waals surface area contributed by atoms with Crippen molar-refractivity contribution in [1.82, 2.24) is 5.32 Å². The Morgan fingerprint density at radius 1 is 1.10 bits per heavy atom. The van der Waals surface area contributed by atoms with Crippen LogP contribution in [0.2, 0.25) is 10.0 Å². The molecule has 5 heteroatoms. The zero-order chi connectivity index (χ0) is 15.2. The van der Waals surface area contributed by atoms with Gasteiger partial charge >= 0.3 is 0 Å². The van der Waals surface area contributed by atoms with Crippen molar-refractivity contribution in [3.05, 3.63) is 69.2 Å². The van der Waals surface area contributed by atoms with Crippen LogP contribution in [0.15, 0.2) is 42.5 Å². The molecule has 110 valence electrons. The fourth-order valence-electron chi connectivity index (χ4n) is 1.93. The highest BCUT2D eigenvalue weighted by Gasteiger charge is 2.06. The van der Waals surface area contributed by atoms with E-state index < -0.39 is 0 Å². The molecule has 0 unspecified atom stereocenters. The van der Waals surface area contributed by atoms with Gasteiger partial charge in [0.2, 0.25) is 0 Å². The van der Waals surface area contributed by atoms with E-state index in [0.717, 1.165) is 11.1 Å². The van der Waals surface area contributed by atoms with Gasteiger partial charge in [-0.25, -0.2) is 0 Å². The molecule has 2 aromatic rings. The zero-order valence-electron chi connectivity index (χ0n) is 11.4. The smallest absolute Gasteiger partial charge is 0.251 e. The van der Waals surface area contributed by atoms with E-state index in [1.807, 2.05) is 18.2 Å². The molecule has 0 saturated heterocycles. The van der Waals surface area contributed by atoms with Crippen LogP contribution in [0.1, 0.15) is 21.5 Å². The molecule has 0 aliphatic heterocycles. The minimum absolute atomic E-state index is 0.108. The second-order valence-corrected chi connectivity index (χ2v) is 5.49. The molecule has 0 aliphatic rings. The Hall–Kier alpha value is -1.55. The summed E-state index contributed by atoms with van der Waals surface area (Å²) in [5.74, 6) is -0.108. The molecule has 0 aliphatic carbocycles. The predicted octanol–water partition coefficient (Wildman–Crippen LogP) is 3.42. The molecule has 0 saturated carbocycles. The molecule has 3 nitrogen and oxygen atoms in total. The monoisotopic (exact) mass is 322 g/mol. The lowest BCUT2D eigenvalue weighted by Crippen LogP contribution is -2.25. The highest BCUT2D eigenvalue weighted by molar-refractivity contribution is 6.35. The van der Waals surface area contributed by atoms with Gasteiger partial charge in [0.25, 0.3) is 5.91 Å². The van der Waals surface area contributed by atoms with Gasteiger partial charge in [0.15, 0.2) is 0 Å². The Kier molecular flexibility index (Phi) is 5.62. The van der Waals surface area contributed by atoms with Crippen LogP contribution in [0.5, 0.6) is 0 Å². The maximum Gasteiger partial charge on any atom is 0.251 e. The van der Waals surface area contributed by atoms with Gasteiger partial charge < -0.3 is 11.1 Å². The molecule has 2 rings (SSSR count). The van der Waals surface area contributed by atoms with Gasteiger partial charge in [-0.2, -0.15) is 0 Å². The summed E-state index contributed by atoms with van der Waals surface area (Å²) in [5.41, 5.74) is 8.10. The van der Waals surface area contributed by atoms with E-state index in [0.29, 0.717) is 35.1 Å². The van der Waals surface area contributed by atoms with Crippen molar-refractivity contribution in [2.45, 2.75) is 13.0 Å². The summed E-state index contributed by atoms with van der Waals surface area (Å²) in [4.78, 5) is 12.0. The van der Waals surface area contributed by atoms with E-state index in [1.54, 1.807) is 24.3 Å². The average molecular weight is 323 g/mol. The van der Waals surface area contributed by atoms with Gasteiger partial charge in [-0.15, -0.1) is 0 Å². The quantitative estimate of drug-likeness (QED) is 0.886. The summed E-state index contributed by atoms with van der Waals surface area (Å²) in [7, 11) is 0. The fraction of sp³-hybridized carbons (Fsp3) is 0.188. The lowest BCUT2D eigenvalue weighted by molar-refractivity contribution is 0.0954. The summed E-state index contributed by atoms with van der Waals surface area (Å²) in [5, 5.41) is 4.08. The number of nitrogens with one attached hydrogen (secondary N) is 1. The first-order chi connectivity index (χ1) is 10.1. The van der Waals surface area contributed by atoms with E-state index in [2.05, 4.69) is 5.32 Å². The predicted molar refractivity (Wildman–Crippen MR) is 86.8 cm³/mol. The highest BCUT2D eigenvalue weighted by atomic mass is 35.5. The largest absolute Gasteiger partial charge is 0.352 e. The van der Waals surface area contributed by atoms with Crippen LogP contribution in [0.4, 0.5) is 0 Å². The van der Waals surface area contributed by atoms with E-state index in [1.165, 1.54) is 0 Å². The molecule has 0 spiro atoms. The van der Waals surface area contributed by atoms with E-state index in [9.17, 15) is 4.79 Å². The number of halogens is 2. The van der Waals surface area contributed by atoms with Crippen LogP contribution >= 0.6 is 23.2 Å². The van der Waals surface area contributed by atoms with Crippen molar-refractivity contribution in [3.8, 4) is 0 Å². The number of rotatable bonds is 5. The number of benzene rings is 2. The maximum absolute atomic E-state index is 12.0. The van der Waals surface area contributed by atoms with Crippen molar-refractivity contribution >= 4 is 29.1 Å². The van der Waals surface area contributed by atoms with E-state index >= 15 is 0 Å². The van der Waals surface area contributed by atoms with Crippen molar-refractivity contribution in [2.75, 3.05) is 6.54 Å². The van der Waals surface area contributed by atoms with Gasteiger partial charge in [0, 0.05) is 28.7 Å². The fourth-order valence-corrected chi connectivity index (χ4v) is 2.43. The number of hydrogen-bond acceptors (Lipinski definition) is 2. The molecular formula is C16H16Cl2N2O. The second kappa shape index (κ2) is 7.46. The van der Waals surface area contributed by atoms with Crippen molar-refractivity contribution in [2.24, 2.45) is 5.73 Å². The summed E-state index contributed by atoms with van der Waals surface area (Å²) in [6.07, 6.45) is 0.655. The van der Waals surface area contributed by atoms with Crippen LogP contribution in [0.3, 0.4) is 0 Å². The van der Waals surface area contributed by atoms with Crippen LogP contribution < -0.4 is 11.1 Å².